The van der Waals surface area contributed by atoms with Crippen LogP contribution in [0.25, 0.3) is 16.9 Å². The third-order valence-electron chi connectivity index (χ3n) is 5.58. The molecule has 0 bridgehead atoms. The molecule has 35 heavy (non-hydrogen) atoms. The second-order valence-electron chi connectivity index (χ2n) is 8.34. The number of carbonyl (C=O) groups is 1. The Balaban J connectivity index is 1.57. The predicted molar refractivity (Wildman–Crippen MR) is 131 cm³/mol. The summed E-state index contributed by atoms with van der Waals surface area (Å²) in [7, 11) is -2.35. The third kappa shape index (κ3) is 5.18. The summed E-state index contributed by atoms with van der Waals surface area (Å²) in [6, 6.07) is 18.4. The number of amides is 1. The van der Waals surface area contributed by atoms with E-state index in [2.05, 4.69) is 9.88 Å². The van der Waals surface area contributed by atoms with Gasteiger partial charge in [-0.05, 0) is 32.9 Å². The molecule has 1 amide bonds. The minimum atomic E-state index is -3.98. The molecule has 0 saturated heterocycles. The maximum atomic E-state index is 13.1. The highest BCUT2D eigenvalue weighted by Gasteiger charge is 2.29. The molecule has 182 valence electrons. The van der Waals surface area contributed by atoms with Crippen LogP contribution in [0.4, 0.5) is 0 Å². The van der Waals surface area contributed by atoms with E-state index in [4.69, 9.17) is 9.62 Å². The number of carbonyl (C=O) groups excluding carboxylic acids is 1. The topological polar surface area (TPSA) is 110 Å². The van der Waals surface area contributed by atoms with Crippen molar-refractivity contribution in [1.82, 2.24) is 24.6 Å². The van der Waals surface area contributed by atoms with Crippen LogP contribution < -0.4 is 4.72 Å². The number of nitrogens with one attached hydrogen (secondary N) is 1. The monoisotopic (exact) mass is 493 g/mol. The van der Waals surface area contributed by atoms with Gasteiger partial charge < -0.3 is 9.42 Å². The van der Waals surface area contributed by atoms with E-state index in [0.29, 0.717) is 0 Å². The zero-order chi connectivity index (χ0) is 25.2. The van der Waals surface area contributed by atoms with Crippen LogP contribution >= 0.6 is 0 Å². The first kappa shape index (κ1) is 24.4. The smallest absolute Gasteiger partial charge is 0.246 e. The summed E-state index contributed by atoms with van der Waals surface area (Å²) >= 11 is 0. The molecule has 2 heterocycles. The number of hydrogen-bond acceptors (Lipinski definition) is 6. The molecule has 0 spiro atoms. The molecule has 0 aliphatic rings. The molecule has 2 aromatic heterocycles. The van der Waals surface area contributed by atoms with E-state index in [1.165, 1.54) is 18.7 Å². The Morgan fingerprint density at radius 3 is 2.31 bits per heavy atom. The molecule has 0 fully saturated rings. The normalized spacial score (nSPS) is 12.5. The predicted octanol–water partition coefficient (Wildman–Crippen LogP) is 3.47. The lowest BCUT2D eigenvalue weighted by Crippen LogP contribution is -2.45. The average molecular weight is 494 g/mol. The first-order chi connectivity index (χ1) is 16.7. The lowest BCUT2D eigenvalue weighted by Gasteiger charge is -2.22. The molecule has 9 nitrogen and oxygen atoms in total. The van der Waals surface area contributed by atoms with Gasteiger partial charge in [-0.2, -0.15) is 9.82 Å². The van der Waals surface area contributed by atoms with Crippen LogP contribution in [-0.4, -0.2) is 47.3 Å². The van der Waals surface area contributed by atoms with Crippen molar-refractivity contribution in [3.63, 3.8) is 0 Å². The fourth-order valence-corrected chi connectivity index (χ4v) is 5.47. The third-order valence-corrected chi connectivity index (χ3v) is 7.36. The van der Waals surface area contributed by atoms with E-state index >= 15 is 0 Å². The van der Waals surface area contributed by atoms with Crippen LogP contribution in [0.2, 0.25) is 0 Å². The Kier molecular flexibility index (Phi) is 6.86. The molecule has 4 aromatic rings. The summed E-state index contributed by atoms with van der Waals surface area (Å²) in [5, 5.41) is 8.46. The Bertz CT molecular complexity index is 1410. The van der Waals surface area contributed by atoms with E-state index in [1.807, 2.05) is 66.9 Å². The lowest BCUT2D eigenvalue weighted by molar-refractivity contribution is -0.131. The Morgan fingerprint density at radius 1 is 1.09 bits per heavy atom. The Morgan fingerprint density at radius 2 is 1.71 bits per heavy atom. The summed E-state index contributed by atoms with van der Waals surface area (Å²) in [4.78, 5) is 14.6. The van der Waals surface area contributed by atoms with Crippen LogP contribution in [-0.2, 0) is 21.4 Å². The van der Waals surface area contributed by atoms with Gasteiger partial charge in [-0.25, -0.2) is 13.1 Å². The van der Waals surface area contributed by atoms with Crippen LogP contribution in [0, 0.1) is 13.8 Å². The number of rotatable bonds is 8. The van der Waals surface area contributed by atoms with Crippen molar-refractivity contribution >= 4 is 15.9 Å². The minimum Gasteiger partial charge on any atom is -0.360 e. The van der Waals surface area contributed by atoms with Gasteiger partial charge in [-0.3, -0.25) is 4.79 Å². The van der Waals surface area contributed by atoms with E-state index in [0.717, 1.165) is 22.5 Å². The molecule has 1 N–H and O–H groups in total. The lowest BCUT2D eigenvalue weighted by atomic mass is 10.1. The molecule has 1 atom stereocenters. The van der Waals surface area contributed by atoms with Gasteiger partial charge in [-0.1, -0.05) is 53.7 Å². The highest BCUT2D eigenvalue weighted by Crippen LogP contribution is 2.25. The van der Waals surface area contributed by atoms with Gasteiger partial charge in [0.25, 0.3) is 0 Å². The zero-order valence-electron chi connectivity index (χ0n) is 20.0. The highest BCUT2D eigenvalue weighted by atomic mass is 32.2. The number of sulfonamides is 1. The maximum Gasteiger partial charge on any atom is 0.246 e. The van der Waals surface area contributed by atoms with Gasteiger partial charge >= 0.3 is 0 Å². The van der Waals surface area contributed by atoms with Crippen molar-refractivity contribution in [2.75, 3.05) is 7.05 Å². The van der Waals surface area contributed by atoms with Gasteiger partial charge in [0.2, 0.25) is 15.9 Å². The SMILES string of the molecule is Cc1noc(C)c1S(=O)(=O)N[C@@H](C)C(=O)N(C)Cc1cn(-c2ccccc2)nc1-c1ccccc1. The number of likely N-dealkylation sites (N-methyl/N-ethyl adjacent to an activating group) is 1. The molecule has 4 rings (SSSR count). The number of nitrogens with zero attached hydrogens (tertiary/aromatic N) is 4. The highest BCUT2D eigenvalue weighted by molar-refractivity contribution is 7.89. The standard InChI is InChI=1S/C25H27N5O4S/c1-17-24(19(3)34-27-17)35(32,33)28-18(2)25(31)29(4)15-21-16-30(22-13-9-6-10-14-22)26-23(21)20-11-7-5-8-12-20/h5-14,16,18,28H,15H2,1-4H3/t18-/m0/s1. The Hall–Kier alpha value is -3.76. The van der Waals surface area contributed by atoms with Crippen molar-refractivity contribution in [3.05, 3.63) is 83.9 Å². The molecular weight excluding hydrogens is 466 g/mol. The summed E-state index contributed by atoms with van der Waals surface area (Å²) in [6.07, 6.45) is 1.89. The first-order valence-corrected chi connectivity index (χ1v) is 12.5. The second kappa shape index (κ2) is 9.85. The quantitative estimate of drug-likeness (QED) is 0.402. The number of aromatic nitrogens is 3. The van der Waals surface area contributed by atoms with Gasteiger partial charge in [0.15, 0.2) is 5.76 Å². The Labute approximate surface area is 204 Å². The van der Waals surface area contributed by atoms with Crippen molar-refractivity contribution < 1.29 is 17.7 Å². The number of hydrogen-bond donors (Lipinski definition) is 1. The van der Waals surface area contributed by atoms with Crippen LogP contribution in [0.1, 0.15) is 23.9 Å². The molecule has 0 radical (unpaired) electrons. The van der Waals surface area contributed by atoms with E-state index < -0.39 is 16.1 Å². The van der Waals surface area contributed by atoms with Gasteiger partial charge in [-0.15, -0.1) is 0 Å². The van der Waals surface area contributed by atoms with Gasteiger partial charge in [0.05, 0.1) is 17.4 Å². The summed E-state index contributed by atoms with van der Waals surface area (Å²) in [5.74, 6) is -0.212. The number of benzene rings is 2. The van der Waals surface area contributed by atoms with E-state index in [-0.39, 0.29) is 28.8 Å². The van der Waals surface area contributed by atoms with E-state index in [9.17, 15) is 13.2 Å². The molecular formula is C25H27N5O4S. The second-order valence-corrected chi connectivity index (χ2v) is 9.99. The van der Waals surface area contributed by atoms with Gasteiger partial charge in [0, 0.05) is 30.9 Å². The van der Waals surface area contributed by atoms with Crippen molar-refractivity contribution in [2.24, 2.45) is 0 Å². The van der Waals surface area contributed by atoms with Crippen molar-refractivity contribution in [3.8, 4) is 16.9 Å². The van der Waals surface area contributed by atoms with Crippen molar-refractivity contribution in [1.29, 1.82) is 0 Å². The summed E-state index contributed by atoms with van der Waals surface area (Å²) in [6.45, 7) is 4.81. The molecule has 0 saturated carbocycles. The summed E-state index contributed by atoms with van der Waals surface area (Å²) < 4.78 is 34.9. The molecule has 0 unspecified atom stereocenters. The molecule has 0 aliphatic carbocycles. The first-order valence-electron chi connectivity index (χ1n) is 11.1. The fraction of sp³-hybridized carbons (Fsp3) is 0.240. The minimum absolute atomic E-state index is 0.0460. The molecule has 2 aromatic carbocycles. The van der Waals surface area contributed by atoms with Crippen molar-refractivity contribution in [2.45, 2.75) is 38.3 Å². The summed E-state index contributed by atoms with van der Waals surface area (Å²) in [5.41, 5.74) is 3.63. The number of aryl methyl sites for hydroxylation is 2. The molecule has 0 aliphatic heterocycles. The average Bonchev–Trinajstić information content (AvgIpc) is 3.42. The van der Waals surface area contributed by atoms with Crippen LogP contribution in [0.15, 0.2) is 76.3 Å². The maximum absolute atomic E-state index is 13.1. The van der Waals surface area contributed by atoms with Gasteiger partial charge in [0.1, 0.15) is 10.6 Å². The largest absolute Gasteiger partial charge is 0.360 e. The molecule has 10 heteroatoms. The van der Waals surface area contributed by atoms with Crippen LogP contribution in [0.3, 0.4) is 0 Å². The van der Waals surface area contributed by atoms with Crippen LogP contribution in [0.5, 0.6) is 0 Å². The fourth-order valence-electron chi connectivity index (χ4n) is 3.94. The van der Waals surface area contributed by atoms with E-state index in [1.54, 1.807) is 18.7 Å². The zero-order valence-corrected chi connectivity index (χ0v) is 20.8. The number of para-hydroxylation sites is 1.